The van der Waals surface area contributed by atoms with Gasteiger partial charge in [0.05, 0.1) is 33.0 Å². The van der Waals surface area contributed by atoms with Gasteiger partial charge in [0.1, 0.15) is 66.5 Å². The Hall–Kier alpha value is -13.0. The number of amides is 17. The van der Waals surface area contributed by atoms with E-state index in [-0.39, 0.29) is 93.1 Å². The van der Waals surface area contributed by atoms with Gasteiger partial charge in [0, 0.05) is 134 Å². The normalized spacial score (nSPS) is 23.3. The first kappa shape index (κ1) is 99.4. The number of para-hydroxylation sites is 2. The minimum Gasteiger partial charge on any atom is -0.481 e. The molecule has 17 amide bonds. The molecule has 0 unspecified atom stereocenters. The van der Waals surface area contributed by atoms with Crippen molar-refractivity contribution in [3.05, 3.63) is 108 Å². The number of fused-ring (bicyclic) bond motifs is 9. The number of carboxylic acid groups (broad SMARTS) is 2. The van der Waals surface area contributed by atoms with Crippen molar-refractivity contribution >= 4 is 175 Å². The lowest BCUT2D eigenvalue weighted by Crippen LogP contribution is -2.61. The number of aromatic nitrogens is 2. The van der Waals surface area contributed by atoms with Crippen LogP contribution in [0.2, 0.25) is 0 Å². The number of carboxylic acids is 2. The molecule has 3 aliphatic rings. The number of benzene rings is 3. The molecule has 0 saturated carbocycles. The lowest BCUT2D eigenvalue weighted by atomic mass is 10.0. The second-order valence-electron chi connectivity index (χ2n) is 30.4. The van der Waals surface area contributed by atoms with E-state index in [1.54, 1.807) is 92.0 Å². The quantitative estimate of drug-likeness (QED) is 0.0179. The Kier molecular flexibility index (Phi) is 38.8. The maximum atomic E-state index is 15.5. The largest absolute Gasteiger partial charge is 0.481 e. The zero-order valence-electron chi connectivity index (χ0n) is 69.8. The number of rotatable bonds is 22. The molecule has 3 aliphatic heterocycles. The number of thioether (sulfide) groups is 3. The zero-order chi connectivity index (χ0) is 92.4. The Labute approximate surface area is 741 Å². The molecule has 0 radical (unpaired) electrons. The number of H-pyrrole nitrogens is 2. The van der Waals surface area contributed by atoms with E-state index in [0.29, 0.717) is 38.5 Å². The van der Waals surface area contributed by atoms with Crippen LogP contribution in [0.15, 0.2) is 91.3 Å². The van der Waals surface area contributed by atoms with Crippen molar-refractivity contribution in [2.45, 2.75) is 177 Å². The number of hydrogen-bond acceptors (Lipinski definition) is 23. The Balaban J connectivity index is 1.22. The fourth-order valence-corrected chi connectivity index (χ4v) is 16.8. The molecule has 0 aliphatic carbocycles. The standard InChI is InChI=1S/C81H108N22O21S3/c1-3-12-52-72(116)94-55(21-23-68(110)111)74(118)98-59(34-69(112)113)78(122)100-62-40-127-30-26-67(109)103-42-101(41-102(43-103)66(108)25-29-126-39-61(90-44(2)104)79(123)95-54(20-22-63(82)105)73(117)96-57(76(120)92-52)32-46-35-87-50-17-9-7-15-48(46)50)65(107)24-28-125-38-60(70(83)114)99-75(119)56(31-45-13-5-4-6-14-45)91-64(106)37-89-71(115)53(19-11-27-86-81(84)85)93-77(121)58(97-80(62)124)33-47-36-88-51-18-10-8-16-49(47)51/h4-10,13-18,35-36,52-62,87-88H,3,11-12,19-34,37-43H2,1-2H3,(H2,82,105)(H2,83,114)(H,89,115)(H,90,104)(H,91,106)(H,92,120)(H,93,121)(H,94,116)(H,95,123)(H,96,117)(H,97,124)(H,98,118)(H,99,119)(H,100,122)(H,110,111)(H,112,113)(H4,84,85,86)/t52-,53-,54-,55-,56-,57-,58-,59-,60-,61-,62-/m0/s1. The van der Waals surface area contributed by atoms with Crippen molar-refractivity contribution in [1.29, 1.82) is 5.41 Å². The van der Waals surface area contributed by atoms with Crippen LogP contribution >= 0.6 is 35.3 Å². The molecule has 3 aromatic carbocycles. The van der Waals surface area contributed by atoms with E-state index in [0.717, 1.165) is 42.2 Å². The van der Waals surface area contributed by atoms with Crippen molar-refractivity contribution in [1.82, 2.24) is 93.8 Å². The third-order valence-corrected chi connectivity index (χ3v) is 23.7. The number of nitrogens with zero attached hydrogens (tertiary/aromatic N) is 3. The fourth-order valence-electron chi connectivity index (χ4n) is 13.9. The van der Waals surface area contributed by atoms with Crippen LogP contribution < -0.4 is 86.3 Å². The molecule has 43 nitrogen and oxygen atoms in total. The minimum absolute atomic E-state index is 0.0166. The highest BCUT2D eigenvalue weighted by Gasteiger charge is 2.40. The third-order valence-electron chi connectivity index (χ3n) is 20.6. The number of hydrogen-bond donors (Lipinski definition) is 21. The molecule has 3 saturated heterocycles. The lowest BCUT2D eigenvalue weighted by molar-refractivity contribution is -0.158. The number of nitrogens with one attached hydrogen (secondary N) is 16. The van der Waals surface area contributed by atoms with Gasteiger partial charge in [-0.1, -0.05) is 80.1 Å². The van der Waals surface area contributed by atoms with Crippen molar-refractivity contribution in [3.63, 3.8) is 0 Å². The Morgan fingerprint density at radius 1 is 0.472 bits per heavy atom. The van der Waals surface area contributed by atoms with Gasteiger partial charge in [0.15, 0.2) is 5.96 Å². The Morgan fingerprint density at radius 3 is 1.42 bits per heavy atom. The van der Waals surface area contributed by atoms with Crippen LogP contribution in [0.3, 0.4) is 0 Å². The van der Waals surface area contributed by atoms with Crippen LogP contribution in [0.1, 0.15) is 108 Å². The van der Waals surface area contributed by atoms with Gasteiger partial charge in [-0.3, -0.25) is 96.5 Å². The molecule has 4 bridgehead atoms. The van der Waals surface area contributed by atoms with Crippen LogP contribution in [0, 0.1) is 5.41 Å². The maximum Gasteiger partial charge on any atom is 0.305 e. The summed E-state index contributed by atoms with van der Waals surface area (Å²) in [5.74, 6) is -21.6. The van der Waals surface area contributed by atoms with Gasteiger partial charge in [0.2, 0.25) is 100 Å². The van der Waals surface area contributed by atoms with Crippen molar-refractivity contribution in [3.8, 4) is 0 Å². The highest BCUT2D eigenvalue weighted by Crippen LogP contribution is 2.24. The molecule has 24 N–H and O–H groups in total. The van der Waals surface area contributed by atoms with Crippen LogP contribution in [0.25, 0.3) is 21.8 Å². The van der Waals surface area contributed by atoms with E-state index >= 15 is 14.4 Å². The van der Waals surface area contributed by atoms with Gasteiger partial charge in [-0.25, -0.2) is 0 Å². The van der Waals surface area contributed by atoms with Crippen molar-refractivity contribution < 1.29 is 101 Å². The first-order valence-corrected chi connectivity index (χ1v) is 44.5. The van der Waals surface area contributed by atoms with Gasteiger partial charge in [0.25, 0.3) is 0 Å². The molecule has 5 aromatic rings. The molecule has 686 valence electrons. The van der Waals surface area contributed by atoms with Gasteiger partial charge >= 0.3 is 11.9 Å². The van der Waals surface area contributed by atoms with E-state index in [4.69, 9.17) is 22.6 Å². The maximum absolute atomic E-state index is 15.5. The number of aromatic amines is 2. The number of guanidine groups is 1. The number of carbonyl (C=O) groups excluding carboxylic acids is 17. The minimum atomic E-state index is -2.21. The average Bonchev–Trinajstić information content (AvgIpc) is 1.81. The summed E-state index contributed by atoms with van der Waals surface area (Å²) in [6.45, 7) is 0.627. The number of primary amides is 2. The Morgan fingerprint density at radius 2 is 0.913 bits per heavy atom. The van der Waals surface area contributed by atoms with Crippen LogP contribution in [-0.2, 0) is 110 Å². The molecule has 5 heterocycles. The summed E-state index contributed by atoms with van der Waals surface area (Å²) < 4.78 is 0. The molecule has 2 aromatic heterocycles. The monoisotopic (exact) mass is 1820 g/mol. The smallest absolute Gasteiger partial charge is 0.305 e. The van der Waals surface area contributed by atoms with E-state index in [2.05, 4.69) is 79.1 Å². The predicted octanol–water partition coefficient (Wildman–Crippen LogP) is -3.93. The summed E-state index contributed by atoms with van der Waals surface area (Å²) in [7, 11) is 0. The second kappa shape index (κ2) is 49.6. The Bertz CT molecular complexity index is 4840. The highest BCUT2D eigenvalue weighted by molar-refractivity contribution is 7.99. The summed E-state index contributed by atoms with van der Waals surface area (Å²) in [5, 5.41) is 62.3. The zero-order valence-corrected chi connectivity index (χ0v) is 72.3. The molecule has 127 heavy (non-hydrogen) atoms. The average molecular weight is 1820 g/mol. The summed E-state index contributed by atoms with van der Waals surface area (Å²) >= 11 is 2.85. The molecular formula is C81H108N22O21S3. The van der Waals surface area contributed by atoms with Crippen LogP contribution in [0.4, 0.5) is 0 Å². The molecule has 0 spiro atoms. The molecule has 11 atom stereocenters. The molecule has 8 rings (SSSR count). The van der Waals surface area contributed by atoms with E-state index in [1.807, 2.05) is 0 Å². The SMILES string of the molecule is CCC[C@@H]1NC(=O)[C@H](Cc2c[nH]c3ccccc23)NC(=O)[C@H](CCC(N)=O)NC(=O)[C@@H](NC(C)=O)CSCCC(=O)N2CN3CN(C2)C(=O)CCSC[C@H](NC(=O)[C@H](CC(=O)O)NC(=O)[C@H](CCC(=O)O)NC1=O)C(=O)N[C@@H](Cc1c[nH]c2ccccc12)C(=O)N[C@@H](CCCNC(=N)N)C(=O)NCC(=O)N[C@@H](Cc1ccccc1)C(=O)N[C@H](C(N)=O)CSCCC3=O. The topological polar surface area (TPSA) is 664 Å². The second-order valence-corrected chi connectivity index (χ2v) is 33.8. The van der Waals surface area contributed by atoms with Crippen molar-refractivity contribution in [2.75, 3.05) is 67.6 Å². The van der Waals surface area contributed by atoms with E-state index in [1.165, 1.54) is 20.9 Å². The predicted molar refractivity (Wildman–Crippen MR) is 466 cm³/mol. The summed E-state index contributed by atoms with van der Waals surface area (Å²) in [4.78, 5) is 280. The highest BCUT2D eigenvalue weighted by atomic mass is 32.2. The summed E-state index contributed by atoms with van der Waals surface area (Å²) in [6.07, 6.45) is -2.99. The van der Waals surface area contributed by atoms with E-state index < -0.39 is 256 Å². The first-order chi connectivity index (χ1) is 60.6. The van der Waals surface area contributed by atoms with Gasteiger partial charge in [-0.2, -0.15) is 35.3 Å². The third kappa shape index (κ3) is 31.9. The molecule has 46 heteroatoms. The molecular weight excluding hydrogens is 1710 g/mol. The number of aliphatic carboxylic acids is 2. The van der Waals surface area contributed by atoms with Crippen LogP contribution in [0.5, 0.6) is 0 Å². The lowest BCUT2D eigenvalue weighted by Gasteiger charge is -2.42. The summed E-state index contributed by atoms with van der Waals surface area (Å²) in [6, 6.07) is 3.41. The van der Waals surface area contributed by atoms with Crippen LogP contribution in [-0.4, -0.2) is 287 Å². The number of nitrogens with two attached hydrogens (primary N) is 3. The van der Waals surface area contributed by atoms with Crippen molar-refractivity contribution in [2.24, 2.45) is 17.2 Å². The van der Waals surface area contributed by atoms with Gasteiger partial charge in [-0.15, -0.1) is 0 Å². The summed E-state index contributed by atoms with van der Waals surface area (Å²) in [5.41, 5.74) is 19.6. The van der Waals surface area contributed by atoms with Gasteiger partial charge in [-0.05, 0) is 60.9 Å². The van der Waals surface area contributed by atoms with Gasteiger partial charge < -0.3 is 121 Å². The number of carbonyl (C=O) groups is 19. The fraction of sp³-hybridized carbons (Fsp3) is 0.481. The molecule has 3 fully saturated rings. The first-order valence-electron chi connectivity index (χ1n) is 41.0. The van der Waals surface area contributed by atoms with E-state index in [9.17, 15) is 86.9 Å².